The molecule has 0 radical (unpaired) electrons. The highest BCUT2D eigenvalue weighted by molar-refractivity contribution is 7.84. The van der Waals surface area contributed by atoms with Crippen molar-refractivity contribution in [2.45, 2.75) is 19.4 Å². The number of carbonyl (C=O) groups is 1. The number of esters is 1. The van der Waals surface area contributed by atoms with Gasteiger partial charge in [-0.3, -0.25) is 4.90 Å². The minimum atomic E-state index is -0.371. The Morgan fingerprint density at radius 1 is 1.42 bits per heavy atom. The number of nitrogens with zero attached hydrogens (tertiary/aromatic N) is 1. The Kier molecular flexibility index (Phi) is 6.67. The average molecular weight is 279 g/mol. The summed E-state index contributed by atoms with van der Waals surface area (Å²) in [5.74, 6) is -0.238. The topological polar surface area (TPSA) is 29.5 Å². The number of likely N-dealkylation sites (N-methyl/N-ethyl adjacent to an activating group) is 1. The van der Waals surface area contributed by atoms with Gasteiger partial charge in [0.1, 0.15) is 6.04 Å². The van der Waals surface area contributed by atoms with Crippen molar-refractivity contribution in [2.24, 2.45) is 0 Å². The van der Waals surface area contributed by atoms with E-state index in [2.05, 4.69) is 24.1 Å². The van der Waals surface area contributed by atoms with Gasteiger partial charge in [0.25, 0.3) is 0 Å². The second kappa shape index (κ2) is 8.02. The molecule has 1 aromatic carbocycles. The molecular weight excluding hydrogens is 258 g/mol. The van der Waals surface area contributed by atoms with Crippen molar-refractivity contribution in [3.63, 3.8) is 0 Å². The molecule has 0 aliphatic rings. The van der Waals surface area contributed by atoms with Crippen molar-refractivity contribution < 1.29 is 9.53 Å². The summed E-state index contributed by atoms with van der Waals surface area (Å²) in [4.78, 5) is 14.9. The third-order valence-corrected chi connectivity index (χ3v) is 3.22. The molecule has 0 unspecified atom stereocenters. The Balaban J connectivity index is 2.94. The van der Waals surface area contributed by atoms with Gasteiger partial charge in [-0.05, 0) is 23.4 Å². The van der Waals surface area contributed by atoms with E-state index >= 15 is 0 Å². The van der Waals surface area contributed by atoms with E-state index in [1.807, 2.05) is 37.3 Å². The van der Waals surface area contributed by atoms with Crippen LogP contribution in [0.25, 0.3) is 0 Å². The number of methoxy groups -OCH3 is 1. The van der Waals surface area contributed by atoms with Crippen LogP contribution < -0.4 is 0 Å². The predicted molar refractivity (Wildman–Crippen MR) is 81.2 cm³/mol. The maximum absolute atomic E-state index is 12.1. The summed E-state index contributed by atoms with van der Waals surface area (Å²) in [6, 6.07) is 9.31. The second-order valence-electron chi connectivity index (χ2n) is 4.28. The first-order valence-corrected chi connectivity index (χ1v) is 6.78. The zero-order valence-corrected chi connectivity index (χ0v) is 12.4. The van der Waals surface area contributed by atoms with Crippen molar-refractivity contribution in [2.75, 3.05) is 20.2 Å². The molecule has 1 rings (SSSR count). The van der Waals surface area contributed by atoms with Crippen LogP contribution in [-0.4, -0.2) is 31.1 Å². The largest absolute Gasteiger partial charge is 0.468 e. The highest BCUT2D eigenvalue weighted by Gasteiger charge is 2.27. The average Bonchev–Trinajstić information content (AvgIpc) is 2.43. The van der Waals surface area contributed by atoms with Crippen molar-refractivity contribution in [3.05, 3.63) is 47.4 Å². The van der Waals surface area contributed by atoms with Crippen molar-refractivity contribution in [1.29, 1.82) is 0 Å². The Bertz CT molecular complexity index is 419. The van der Waals surface area contributed by atoms with E-state index in [9.17, 15) is 4.79 Å². The number of hydrogen-bond donors (Lipinski definition) is 1. The fraction of sp³-hybridized carbons (Fsp3) is 0.400. The van der Waals surface area contributed by atoms with E-state index in [-0.39, 0.29) is 12.0 Å². The van der Waals surface area contributed by atoms with Crippen LogP contribution in [-0.2, 0) is 9.53 Å². The quantitative estimate of drug-likeness (QED) is 0.614. The highest BCUT2D eigenvalue weighted by Crippen LogP contribution is 2.23. The van der Waals surface area contributed by atoms with Gasteiger partial charge >= 0.3 is 5.97 Å². The zero-order valence-electron chi connectivity index (χ0n) is 11.5. The van der Waals surface area contributed by atoms with Gasteiger partial charge in [0.05, 0.1) is 7.11 Å². The number of benzene rings is 1. The number of ether oxygens (including phenoxy) is 1. The van der Waals surface area contributed by atoms with E-state index < -0.39 is 0 Å². The molecule has 0 spiro atoms. The van der Waals surface area contributed by atoms with E-state index in [0.29, 0.717) is 0 Å². The Morgan fingerprint density at radius 2 is 2.05 bits per heavy atom. The molecule has 0 saturated heterocycles. The molecule has 0 bridgehead atoms. The Morgan fingerprint density at radius 3 is 2.53 bits per heavy atom. The van der Waals surface area contributed by atoms with Crippen LogP contribution in [0.2, 0.25) is 0 Å². The third kappa shape index (κ3) is 4.73. The molecule has 1 atom stereocenters. The summed E-state index contributed by atoms with van der Waals surface area (Å²) in [6.07, 6.45) is 0.747. The van der Waals surface area contributed by atoms with Crippen LogP contribution in [0.15, 0.2) is 41.8 Å². The van der Waals surface area contributed by atoms with Gasteiger partial charge in [-0.15, -0.1) is 12.6 Å². The molecule has 3 nitrogen and oxygen atoms in total. The third-order valence-electron chi connectivity index (χ3n) is 3.00. The van der Waals surface area contributed by atoms with Crippen molar-refractivity contribution in [3.8, 4) is 0 Å². The molecule has 0 aromatic heterocycles. The molecular formula is C15H21NO2S. The van der Waals surface area contributed by atoms with Crippen LogP contribution in [0.5, 0.6) is 0 Å². The Hall–Kier alpha value is -1.26. The van der Waals surface area contributed by atoms with Crippen LogP contribution in [0.3, 0.4) is 0 Å². The predicted octanol–water partition coefficient (Wildman–Crippen LogP) is 3.06. The highest BCUT2D eigenvalue weighted by atomic mass is 32.1. The molecule has 4 heteroatoms. The van der Waals surface area contributed by atoms with Gasteiger partial charge in [-0.25, -0.2) is 4.79 Å². The lowest BCUT2D eigenvalue weighted by Crippen LogP contribution is -2.35. The van der Waals surface area contributed by atoms with E-state index in [0.717, 1.165) is 30.0 Å². The monoisotopic (exact) mass is 279 g/mol. The summed E-state index contributed by atoms with van der Waals surface area (Å²) in [5.41, 5.74) is 0.945. The van der Waals surface area contributed by atoms with E-state index in [1.54, 1.807) is 0 Å². The van der Waals surface area contributed by atoms with Crippen LogP contribution in [0, 0.1) is 0 Å². The lowest BCUT2D eigenvalue weighted by atomic mass is 10.1. The first kappa shape index (κ1) is 15.8. The molecule has 0 saturated carbocycles. The van der Waals surface area contributed by atoms with Gasteiger partial charge in [-0.2, -0.15) is 0 Å². The first-order chi connectivity index (χ1) is 9.10. The van der Waals surface area contributed by atoms with Gasteiger partial charge < -0.3 is 4.74 Å². The maximum atomic E-state index is 12.1. The molecule has 1 aromatic rings. The summed E-state index contributed by atoms with van der Waals surface area (Å²) in [5, 5.41) is 0. The SMILES string of the molecule is C=C(S)CCN(CC)[C@H](C(=O)OC)c1ccccc1. The fourth-order valence-corrected chi connectivity index (χ4v) is 2.09. The lowest BCUT2D eigenvalue weighted by Gasteiger charge is -2.29. The molecule has 0 aliphatic carbocycles. The molecule has 0 fully saturated rings. The molecule has 0 N–H and O–H groups in total. The van der Waals surface area contributed by atoms with Gasteiger partial charge in [0, 0.05) is 6.54 Å². The molecule has 0 heterocycles. The Labute approximate surface area is 120 Å². The molecule has 0 aliphatic heterocycles. The zero-order chi connectivity index (χ0) is 14.3. The standard InChI is InChI=1S/C15H21NO2S/c1-4-16(11-10-12(2)19)14(15(17)18-3)13-8-6-5-7-9-13/h5-9,14,19H,2,4,10-11H2,1,3H3/t14-/m0/s1. The summed E-state index contributed by atoms with van der Waals surface area (Å²) >= 11 is 4.20. The smallest absolute Gasteiger partial charge is 0.327 e. The minimum Gasteiger partial charge on any atom is -0.468 e. The van der Waals surface area contributed by atoms with Crippen LogP contribution in [0.4, 0.5) is 0 Å². The molecule has 0 amide bonds. The van der Waals surface area contributed by atoms with Crippen LogP contribution >= 0.6 is 12.6 Å². The van der Waals surface area contributed by atoms with E-state index in [4.69, 9.17) is 4.74 Å². The second-order valence-corrected chi connectivity index (χ2v) is 4.91. The molecule has 104 valence electrons. The lowest BCUT2D eigenvalue weighted by molar-refractivity contribution is -0.147. The summed E-state index contributed by atoms with van der Waals surface area (Å²) < 4.78 is 4.93. The summed E-state index contributed by atoms with van der Waals surface area (Å²) in [6.45, 7) is 7.30. The van der Waals surface area contributed by atoms with Gasteiger partial charge in [0.2, 0.25) is 0 Å². The normalized spacial score (nSPS) is 12.2. The number of hydrogen-bond acceptors (Lipinski definition) is 4. The minimum absolute atomic E-state index is 0.238. The number of thiol groups is 1. The van der Waals surface area contributed by atoms with E-state index in [1.165, 1.54) is 7.11 Å². The van der Waals surface area contributed by atoms with Gasteiger partial charge in [-0.1, -0.05) is 43.8 Å². The van der Waals surface area contributed by atoms with Crippen LogP contribution in [0.1, 0.15) is 24.9 Å². The summed E-state index contributed by atoms with van der Waals surface area (Å²) in [7, 11) is 1.42. The maximum Gasteiger partial charge on any atom is 0.327 e. The number of carbonyl (C=O) groups excluding carboxylic acids is 1. The first-order valence-electron chi connectivity index (χ1n) is 6.33. The van der Waals surface area contributed by atoms with Crippen molar-refractivity contribution in [1.82, 2.24) is 4.90 Å². The fourth-order valence-electron chi connectivity index (χ4n) is 1.99. The van der Waals surface area contributed by atoms with Gasteiger partial charge in [0.15, 0.2) is 0 Å². The van der Waals surface area contributed by atoms with Crippen molar-refractivity contribution >= 4 is 18.6 Å². The molecule has 19 heavy (non-hydrogen) atoms. The number of rotatable bonds is 7.